The smallest absolute Gasteiger partial charge is 0.317 e. The number of H-pyrrole nitrogens is 1. The lowest BCUT2D eigenvalue weighted by atomic mass is 9.84. The lowest BCUT2D eigenvalue weighted by Gasteiger charge is -2.39. The molecular weight excluding hydrogens is 244 g/mol. The SMILES string of the molecule is COC(=O)C1(CNCC(C)(C)c2ccc[nH]2)COC1. The third-order valence-corrected chi connectivity index (χ3v) is 3.73. The first kappa shape index (κ1) is 14.1. The summed E-state index contributed by atoms with van der Waals surface area (Å²) in [5.41, 5.74) is 0.670. The molecule has 0 amide bonds. The predicted octanol–water partition coefficient (Wildman–Crippen LogP) is 1.07. The van der Waals surface area contributed by atoms with Gasteiger partial charge in [-0.3, -0.25) is 4.79 Å². The standard InChI is InChI=1S/C14H22N2O3/c1-13(2,11-5-4-6-16-11)7-15-8-14(9-19-10-14)12(17)18-3/h4-6,15-16H,7-10H2,1-3H3. The molecule has 0 spiro atoms. The van der Waals surface area contributed by atoms with Crippen LogP contribution in [0.5, 0.6) is 0 Å². The van der Waals surface area contributed by atoms with Crippen LogP contribution in [-0.4, -0.2) is 44.4 Å². The van der Waals surface area contributed by atoms with E-state index in [9.17, 15) is 4.79 Å². The Hall–Kier alpha value is -1.33. The number of hydrogen-bond donors (Lipinski definition) is 2. The van der Waals surface area contributed by atoms with Gasteiger partial charge in [0.05, 0.1) is 20.3 Å². The molecule has 0 aromatic carbocycles. The molecule has 1 saturated heterocycles. The summed E-state index contributed by atoms with van der Waals surface area (Å²) < 4.78 is 10.0. The van der Waals surface area contributed by atoms with Crippen LogP contribution < -0.4 is 5.32 Å². The summed E-state index contributed by atoms with van der Waals surface area (Å²) in [7, 11) is 1.42. The zero-order chi connectivity index (χ0) is 13.9. The van der Waals surface area contributed by atoms with Crippen LogP contribution in [0.2, 0.25) is 0 Å². The maximum Gasteiger partial charge on any atom is 0.317 e. The van der Waals surface area contributed by atoms with Crippen molar-refractivity contribution in [3.05, 3.63) is 24.0 Å². The summed E-state index contributed by atoms with van der Waals surface area (Å²) in [6.07, 6.45) is 1.92. The van der Waals surface area contributed by atoms with E-state index >= 15 is 0 Å². The van der Waals surface area contributed by atoms with Gasteiger partial charge in [0.15, 0.2) is 0 Å². The van der Waals surface area contributed by atoms with E-state index in [0.29, 0.717) is 19.8 Å². The van der Waals surface area contributed by atoms with E-state index in [1.54, 1.807) is 0 Å². The third kappa shape index (κ3) is 2.82. The number of carbonyl (C=O) groups excluding carboxylic acids is 1. The summed E-state index contributed by atoms with van der Waals surface area (Å²) in [4.78, 5) is 15.0. The molecule has 2 rings (SSSR count). The van der Waals surface area contributed by atoms with Crippen LogP contribution in [0.1, 0.15) is 19.5 Å². The lowest BCUT2D eigenvalue weighted by Crippen LogP contribution is -2.56. The van der Waals surface area contributed by atoms with Gasteiger partial charge >= 0.3 is 5.97 Å². The zero-order valence-corrected chi connectivity index (χ0v) is 11.8. The molecule has 1 aliphatic rings. The van der Waals surface area contributed by atoms with Crippen molar-refractivity contribution in [2.24, 2.45) is 5.41 Å². The molecular formula is C14H22N2O3. The Kier molecular flexibility index (Phi) is 3.96. The maximum atomic E-state index is 11.8. The molecule has 19 heavy (non-hydrogen) atoms. The first-order chi connectivity index (χ1) is 9.00. The Morgan fingerprint density at radius 1 is 1.58 bits per heavy atom. The van der Waals surface area contributed by atoms with Crippen LogP contribution in [0.15, 0.2) is 18.3 Å². The molecule has 106 valence electrons. The fourth-order valence-corrected chi connectivity index (χ4v) is 2.32. The number of hydrogen-bond acceptors (Lipinski definition) is 4. The van der Waals surface area contributed by atoms with E-state index in [2.05, 4.69) is 30.2 Å². The molecule has 1 aromatic rings. The Morgan fingerprint density at radius 3 is 2.79 bits per heavy atom. The highest BCUT2D eigenvalue weighted by molar-refractivity contribution is 5.78. The molecule has 1 aliphatic heterocycles. The van der Waals surface area contributed by atoms with E-state index in [4.69, 9.17) is 9.47 Å². The van der Waals surface area contributed by atoms with Gasteiger partial charge in [-0.05, 0) is 12.1 Å². The second kappa shape index (κ2) is 5.35. The summed E-state index contributed by atoms with van der Waals surface area (Å²) in [5, 5.41) is 3.37. The van der Waals surface area contributed by atoms with Gasteiger partial charge in [0, 0.05) is 30.4 Å². The summed E-state index contributed by atoms with van der Waals surface area (Å²) in [6.45, 7) is 6.57. The van der Waals surface area contributed by atoms with Gasteiger partial charge in [0.2, 0.25) is 0 Å². The zero-order valence-electron chi connectivity index (χ0n) is 11.8. The number of nitrogens with one attached hydrogen (secondary N) is 2. The van der Waals surface area contributed by atoms with Crippen molar-refractivity contribution in [3.8, 4) is 0 Å². The highest BCUT2D eigenvalue weighted by Gasteiger charge is 2.47. The van der Waals surface area contributed by atoms with E-state index in [-0.39, 0.29) is 11.4 Å². The Morgan fingerprint density at radius 2 is 2.32 bits per heavy atom. The average Bonchev–Trinajstić information content (AvgIpc) is 2.86. The molecule has 0 atom stereocenters. The first-order valence-corrected chi connectivity index (χ1v) is 6.51. The van der Waals surface area contributed by atoms with E-state index in [1.807, 2.05) is 12.3 Å². The Bertz CT molecular complexity index is 422. The second-order valence-electron chi connectivity index (χ2n) is 5.84. The molecule has 0 aliphatic carbocycles. The molecule has 1 aromatic heterocycles. The minimum Gasteiger partial charge on any atom is -0.468 e. The molecule has 2 N–H and O–H groups in total. The van der Waals surface area contributed by atoms with Crippen LogP contribution in [0, 0.1) is 5.41 Å². The maximum absolute atomic E-state index is 11.8. The van der Waals surface area contributed by atoms with Gasteiger partial charge in [-0.1, -0.05) is 13.8 Å². The summed E-state index contributed by atoms with van der Waals surface area (Å²) >= 11 is 0. The fourth-order valence-electron chi connectivity index (χ4n) is 2.32. The van der Waals surface area contributed by atoms with Crippen molar-refractivity contribution in [1.29, 1.82) is 0 Å². The van der Waals surface area contributed by atoms with Crippen molar-refractivity contribution in [2.45, 2.75) is 19.3 Å². The number of carbonyl (C=O) groups is 1. The number of methoxy groups -OCH3 is 1. The number of rotatable bonds is 6. The van der Waals surface area contributed by atoms with Crippen molar-refractivity contribution in [1.82, 2.24) is 10.3 Å². The molecule has 0 unspecified atom stereocenters. The minimum absolute atomic E-state index is 0.00852. The van der Waals surface area contributed by atoms with Crippen molar-refractivity contribution in [3.63, 3.8) is 0 Å². The monoisotopic (exact) mass is 266 g/mol. The molecule has 0 saturated carbocycles. The highest BCUT2D eigenvalue weighted by Crippen LogP contribution is 2.28. The summed E-state index contributed by atoms with van der Waals surface area (Å²) in [6, 6.07) is 4.07. The van der Waals surface area contributed by atoms with Crippen molar-refractivity contribution >= 4 is 5.97 Å². The van der Waals surface area contributed by atoms with Gasteiger partial charge < -0.3 is 19.8 Å². The Balaban J connectivity index is 1.88. The van der Waals surface area contributed by atoms with Crippen LogP contribution in [0.3, 0.4) is 0 Å². The lowest BCUT2D eigenvalue weighted by molar-refractivity contribution is -0.182. The van der Waals surface area contributed by atoms with Gasteiger partial charge in [-0.2, -0.15) is 0 Å². The van der Waals surface area contributed by atoms with Crippen LogP contribution >= 0.6 is 0 Å². The molecule has 0 bridgehead atoms. The topological polar surface area (TPSA) is 63.3 Å². The van der Waals surface area contributed by atoms with Gasteiger partial charge in [0.1, 0.15) is 5.41 Å². The van der Waals surface area contributed by atoms with Crippen molar-refractivity contribution < 1.29 is 14.3 Å². The molecule has 5 heteroatoms. The number of ether oxygens (including phenoxy) is 2. The van der Waals surface area contributed by atoms with Crippen LogP contribution in [0.25, 0.3) is 0 Å². The van der Waals surface area contributed by atoms with E-state index in [1.165, 1.54) is 12.8 Å². The average molecular weight is 266 g/mol. The van der Waals surface area contributed by atoms with Gasteiger partial charge in [0.25, 0.3) is 0 Å². The highest BCUT2D eigenvalue weighted by atomic mass is 16.5. The molecule has 1 fully saturated rings. The van der Waals surface area contributed by atoms with Crippen LogP contribution in [0.4, 0.5) is 0 Å². The van der Waals surface area contributed by atoms with Crippen molar-refractivity contribution in [2.75, 3.05) is 33.4 Å². The second-order valence-corrected chi connectivity index (χ2v) is 5.84. The number of aromatic amines is 1. The predicted molar refractivity (Wildman–Crippen MR) is 72.0 cm³/mol. The molecule has 5 nitrogen and oxygen atoms in total. The summed E-state index contributed by atoms with van der Waals surface area (Å²) in [5.74, 6) is -0.191. The molecule has 0 radical (unpaired) electrons. The number of esters is 1. The minimum atomic E-state index is -0.499. The Labute approximate surface area is 113 Å². The number of aromatic nitrogens is 1. The van der Waals surface area contributed by atoms with Gasteiger partial charge in [-0.15, -0.1) is 0 Å². The van der Waals surface area contributed by atoms with Gasteiger partial charge in [-0.25, -0.2) is 0 Å². The molecule has 2 heterocycles. The van der Waals surface area contributed by atoms with E-state index in [0.717, 1.165) is 6.54 Å². The first-order valence-electron chi connectivity index (χ1n) is 6.51. The normalized spacial score (nSPS) is 17.8. The quantitative estimate of drug-likeness (QED) is 0.756. The fraction of sp³-hybridized carbons (Fsp3) is 0.643. The largest absolute Gasteiger partial charge is 0.468 e. The van der Waals surface area contributed by atoms with E-state index < -0.39 is 5.41 Å². The van der Waals surface area contributed by atoms with Crippen LogP contribution in [-0.2, 0) is 19.7 Å². The third-order valence-electron chi connectivity index (χ3n) is 3.73.